The molecule has 1 N–H and O–H groups in total. The van der Waals surface area contributed by atoms with Crippen LogP contribution < -0.4 is 5.32 Å². The molecule has 0 unspecified atom stereocenters. The molecule has 1 amide bonds. The second-order valence-corrected chi connectivity index (χ2v) is 9.76. The molecule has 30 heavy (non-hydrogen) atoms. The minimum Gasteiger partial charge on any atom is -0.298 e. The average Bonchev–Trinajstić information content (AvgIpc) is 3.14. The van der Waals surface area contributed by atoms with Crippen molar-refractivity contribution in [1.29, 1.82) is 0 Å². The van der Waals surface area contributed by atoms with Gasteiger partial charge in [-0.1, -0.05) is 72.0 Å². The van der Waals surface area contributed by atoms with E-state index in [1.165, 1.54) is 23.7 Å². The Morgan fingerprint density at radius 2 is 1.63 bits per heavy atom. The molecule has 4 rings (SSSR count). The van der Waals surface area contributed by atoms with Crippen LogP contribution in [0.5, 0.6) is 0 Å². The van der Waals surface area contributed by atoms with Crippen molar-refractivity contribution in [1.82, 2.24) is 4.98 Å². The van der Waals surface area contributed by atoms with Crippen molar-refractivity contribution in [2.24, 2.45) is 0 Å². The van der Waals surface area contributed by atoms with E-state index in [1.54, 1.807) is 12.1 Å². The number of hydrogen-bond acceptors (Lipinski definition) is 5. The third-order valence-corrected chi connectivity index (χ3v) is 6.49. The summed E-state index contributed by atoms with van der Waals surface area (Å²) in [5.41, 5.74) is 2.85. The summed E-state index contributed by atoms with van der Waals surface area (Å²) in [6.45, 7) is 0. The van der Waals surface area contributed by atoms with Crippen molar-refractivity contribution in [3.8, 4) is 0 Å². The Hall–Kier alpha value is -3.29. The monoisotopic (exact) mass is 434 g/mol. The summed E-state index contributed by atoms with van der Waals surface area (Å²) >= 11 is 1.24. The first-order chi connectivity index (χ1) is 14.4. The summed E-state index contributed by atoms with van der Waals surface area (Å²) < 4.78 is 24.3. The van der Waals surface area contributed by atoms with Gasteiger partial charge in [-0.3, -0.25) is 10.1 Å². The van der Waals surface area contributed by atoms with Crippen LogP contribution in [0.2, 0.25) is 0 Å². The van der Waals surface area contributed by atoms with Crippen LogP contribution in [0.25, 0.3) is 21.9 Å². The second kappa shape index (κ2) is 8.22. The van der Waals surface area contributed by atoms with Crippen molar-refractivity contribution >= 4 is 54.1 Å². The number of nitrogens with zero attached hydrogens (tertiary/aromatic N) is 1. The molecule has 7 heteroatoms. The Kier molecular flexibility index (Phi) is 5.48. The number of carbonyl (C=O) groups excluding carboxylic acids is 1. The molecule has 0 bridgehead atoms. The molecule has 0 aliphatic carbocycles. The number of anilines is 1. The highest BCUT2D eigenvalue weighted by Crippen LogP contribution is 2.29. The zero-order valence-corrected chi connectivity index (χ0v) is 17.7. The predicted octanol–water partition coefficient (Wildman–Crippen LogP) is 4.88. The number of carbonyl (C=O) groups is 1. The van der Waals surface area contributed by atoms with E-state index in [9.17, 15) is 13.2 Å². The van der Waals surface area contributed by atoms with Gasteiger partial charge in [0.25, 0.3) is 5.91 Å². The van der Waals surface area contributed by atoms with Gasteiger partial charge in [0.2, 0.25) is 0 Å². The largest absolute Gasteiger partial charge is 0.298 e. The molecule has 0 aliphatic rings. The molecule has 1 heterocycles. The Bertz CT molecular complexity index is 1340. The molecule has 5 nitrogen and oxygen atoms in total. The number of nitrogens with one attached hydrogen (secondary N) is 1. The summed E-state index contributed by atoms with van der Waals surface area (Å²) in [6.07, 6.45) is 3.00. The van der Waals surface area contributed by atoms with E-state index in [0.29, 0.717) is 20.9 Å². The summed E-state index contributed by atoms with van der Waals surface area (Å²) in [5, 5.41) is 3.27. The Labute approximate surface area is 178 Å². The molecule has 1 aromatic heterocycles. The maximum absolute atomic E-state index is 13.1. The number of benzene rings is 3. The van der Waals surface area contributed by atoms with Crippen molar-refractivity contribution in [3.05, 3.63) is 90.0 Å². The lowest BCUT2D eigenvalue weighted by molar-refractivity contribution is -0.111. The van der Waals surface area contributed by atoms with Gasteiger partial charge in [0.05, 0.1) is 15.1 Å². The Balaban J connectivity index is 1.68. The quantitative estimate of drug-likeness (QED) is 0.359. The van der Waals surface area contributed by atoms with Crippen LogP contribution >= 0.6 is 11.3 Å². The number of rotatable bonds is 5. The molecule has 0 atom stereocenters. The zero-order valence-electron chi connectivity index (χ0n) is 16.1. The third-order valence-electron chi connectivity index (χ3n) is 4.45. The molecule has 0 aliphatic heterocycles. The van der Waals surface area contributed by atoms with Crippen molar-refractivity contribution < 1.29 is 13.2 Å². The molecule has 0 radical (unpaired) electrons. The van der Waals surface area contributed by atoms with E-state index >= 15 is 0 Å². The first kappa shape index (κ1) is 20.0. The Morgan fingerprint density at radius 3 is 2.30 bits per heavy atom. The van der Waals surface area contributed by atoms with Crippen LogP contribution in [0.15, 0.2) is 83.8 Å². The van der Waals surface area contributed by atoms with E-state index < -0.39 is 9.84 Å². The van der Waals surface area contributed by atoms with Crippen molar-refractivity contribution in [2.75, 3.05) is 11.6 Å². The standard InChI is InChI=1S/C23H18N2O3S2/c1-30(27,28)18-12-13-20-21(15-18)29-23(24-20)25-22(26)19(17-10-6-3-7-11-17)14-16-8-4-2-5-9-16/h2-15H,1H3,(H,24,25,26)/b19-14+. The summed E-state index contributed by atoms with van der Waals surface area (Å²) in [4.78, 5) is 17.8. The maximum Gasteiger partial charge on any atom is 0.258 e. The zero-order chi connectivity index (χ0) is 21.1. The van der Waals surface area contributed by atoms with Gasteiger partial charge in [0.1, 0.15) is 0 Å². The second-order valence-electron chi connectivity index (χ2n) is 6.71. The molecule has 3 aromatic carbocycles. The van der Waals surface area contributed by atoms with E-state index in [0.717, 1.165) is 11.1 Å². The normalized spacial score (nSPS) is 12.1. The minimum atomic E-state index is -3.31. The first-order valence-corrected chi connectivity index (χ1v) is 11.8. The summed E-state index contributed by atoms with van der Waals surface area (Å²) in [6, 6.07) is 23.8. The summed E-state index contributed by atoms with van der Waals surface area (Å²) in [5.74, 6) is -0.285. The number of aromatic nitrogens is 1. The molecule has 0 spiro atoms. The fraction of sp³-hybridized carbons (Fsp3) is 0.0435. The van der Waals surface area contributed by atoms with Crippen LogP contribution in [-0.2, 0) is 14.6 Å². The van der Waals surface area contributed by atoms with Gasteiger partial charge >= 0.3 is 0 Å². The minimum absolute atomic E-state index is 0.227. The molecule has 0 fully saturated rings. The van der Waals surface area contributed by atoms with Gasteiger partial charge in [-0.15, -0.1) is 0 Å². The van der Waals surface area contributed by atoms with Gasteiger partial charge in [-0.05, 0) is 35.4 Å². The van der Waals surface area contributed by atoms with Crippen LogP contribution in [0, 0.1) is 0 Å². The number of thiazole rings is 1. The van der Waals surface area contributed by atoms with Gasteiger partial charge in [0.15, 0.2) is 15.0 Å². The lowest BCUT2D eigenvalue weighted by Crippen LogP contribution is -2.13. The van der Waals surface area contributed by atoms with Crippen LogP contribution in [-0.4, -0.2) is 25.6 Å². The van der Waals surface area contributed by atoms with Gasteiger partial charge < -0.3 is 0 Å². The third kappa shape index (κ3) is 4.48. The average molecular weight is 435 g/mol. The number of amides is 1. The molecule has 4 aromatic rings. The fourth-order valence-corrected chi connectivity index (χ4v) is 4.59. The van der Waals surface area contributed by atoms with E-state index in [4.69, 9.17) is 0 Å². The highest BCUT2D eigenvalue weighted by molar-refractivity contribution is 7.90. The first-order valence-electron chi connectivity index (χ1n) is 9.14. The van der Waals surface area contributed by atoms with Crippen molar-refractivity contribution in [3.63, 3.8) is 0 Å². The van der Waals surface area contributed by atoms with Gasteiger partial charge in [-0.25, -0.2) is 13.4 Å². The molecular weight excluding hydrogens is 416 g/mol. The number of hydrogen-bond donors (Lipinski definition) is 1. The van der Waals surface area contributed by atoms with Crippen LogP contribution in [0.3, 0.4) is 0 Å². The highest BCUT2D eigenvalue weighted by atomic mass is 32.2. The number of sulfone groups is 1. The Morgan fingerprint density at radius 1 is 0.967 bits per heavy atom. The highest BCUT2D eigenvalue weighted by Gasteiger charge is 2.16. The molecule has 150 valence electrons. The number of fused-ring (bicyclic) bond motifs is 1. The van der Waals surface area contributed by atoms with Crippen LogP contribution in [0.4, 0.5) is 5.13 Å². The summed E-state index contributed by atoms with van der Waals surface area (Å²) in [7, 11) is -3.31. The molecule has 0 saturated heterocycles. The van der Waals surface area contributed by atoms with Gasteiger partial charge in [0, 0.05) is 11.8 Å². The van der Waals surface area contributed by atoms with E-state index in [2.05, 4.69) is 10.3 Å². The van der Waals surface area contributed by atoms with E-state index in [-0.39, 0.29) is 10.8 Å². The molecular formula is C23H18N2O3S2. The lowest BCUT2D eigenvalue weighted by atomic mass is 10.0. The predicted molar refractivity (Wildman–Crippen MR) is 122 cm³/mol. The van der Waals surface area contributed by atoms with E-state index in [1.807, 2.05) is 66.7 Å². The fourth-order valence-electron chi connectivity index (χ4n) is 2.97. The lowest BCUT2D eigenvalue weighted by Gasteiger charge is -2.08. The molecule has 0 saturated carbocycles. The maximum atomic E-state index is 13.1. The SMILES string of the molecule is CS(=O)(=O)c1ccc2nc(NC(=O)/C(=C/c3ccccc3)c3ccccc3)sc2c1. The van der Waals surface area contributed by atoms with Crippen molar-refractivity contribution in [2.45, 2.75) is 4.90 Å². The van der Waals surface area contributed by atoms with Crippen LogP contribution in [0.1, 0.15) is 11.1 Å². The van der Waals surface area contributed by atoms with Gasteiger partial charge in [-0.2, -0.15) is 0 Å². The smallest absolute Gasteiger partial charge is 0.258 e. The topological polar surface area (TPSA) is 76.1 Å².